The summed E-state index contributed by atoms with van der Waals surface area (Å²) in [5, 5.41) is 12.9. The molecule has 2 heteroatoms. The highest BCUT2D eigenvalue weighted by Gasteiger charge is 2.73. The lowest BCUT2D eigenvalue weighted by Crippen LogP contribution is -2.21. The van der Waals surface area contributed by atoms with Gasteiger partial charge in [0.1, 0.15) is 5.75 Å². The fourth-order valence-electron chi connectivity index (χ4n) is 3.86. The zero-order valence-corrected chi connectivity index (χ0v) is 8.01. The second-order valence-corrected chi connectivity index (χ2v) is 5.16. The second kappa shape index (κ2) is 1.84. The molecule has 1 aromatic carbocycles. The molecular weight excluding hydrogens is 174 g/mol. The fourth-order valence-corrected chi connectivity index (χ4v) is 3.86. The highest BCUT2D eigenvalue weighted by molar-refractivity contribution is 5.55. The Hall–Kier alpha value is -1.02. The summed E-state index contributed by atoms with van der Waals surface area (Å²) < 4.78 is 0. The molecule has 2 atom stereocenters. The van der Waals surface area contributed by atoms with E-state index in [9.17, 15) is 5.11 Å². The first-order valence-electron chi connectivity index (χ1n) is 5.29. The minimum Gasteiger partial charge on any atom is -0.508 e. The first kappa shape index (κ1) is 7.30. The highest BCUT2D eigenvalue weighted by atomic mass is 16.3. The van der Waals surface area contributed by atoms with Gasteiger partial charge < -0.3 is 10.4 Å². The lowest BCUT2D eigenvalue weighted by molar-refractivity contribution is 0.473. The van der Waals surface area contributed by atoms with E-state index in [1.54, 1.807) is 0 Å². The van der Waals surface area contributed by atoms with E-state index in [0.29, 0.717) is 16.6 Å². The normalized spacial score (nSPS) is 41.7. The van der Waals surface area contributed by atoms with Crippen LogP contribution in [0.15, 0.2) is 18.2 Å². The van der Waals surface area contributed by atoms with Gasteiger partial charge in [0, 0.05) is 18.5 Å². The highest BCUT2D eigenvalue weighted by Crippen LogP contribution is 2.72. The van der Waals surface area contributed by atoms with E-state index in [1.165, 1.54) is 30.5 Å². The molecule has 0 amide bonds. The monoisotopic (exact) mass is 187 g/mol. The van der Waals surface area contributed by atoms with E-state index in [0.717, 1.165) is 6.54 Å². The van der Waals surface area contributed by atoms with E-state index in [-0.39, 0.29) is 0 Å². The van der Waals surface area contributed by atoms with Gasteiger partial charge in [-0.3, -0.25) is 0 Å². The van der Waals surface area contributed by atoms with Crippen LogP contribution in [0.1, 0.15) is 17.5 Å². The van der Waals surface area contributed by atoms with Gasteiger partial charge in [-0.15, -0.1) is 0 Å². The van der Waals surface area contributed by atoms with Crippen molar-refractivity contribution >= 4 is 0 Å². The molecule has 1 aliphatic heterocycles. The molecule has 4 rings (SSSR count). The zero-order chi connectivity index (χ0) is 9.39. The van der Waals surface area contributed by atoms with Crippen molar-refractivity contribution in [2.45, 2.75) is 18.3 Å². The summed E-state index contributed by atoms with van der Waals surface area (Å²) in [5.74, 6) is 0.420. The van der Waals surface area contributed by atoms with Crippen molar-refractivity contribution in [3.8, 4) is 5.75 Å². The Balaban J connectivity index is 1.96. The zero-order valence-electron chi connectivity index (χ0n) is 8.01. The minimum atomic E-state index is 0.420. The van der Waals surface area contributed by atoms with Gasteiger partial charge in [-0.2, -0.15) is 0 Å². The third-order valence-corrected chi connectivity index (χ3v) is 4.55. The number of piperidine rings is 1. The molecule has 2 fully saturated rings. The average Bonchev–Trinajstić information content (AvgIpc) is 2.52. The summed E-state index contributed by atoms with van der Waals surface area (Å²) in [6, 6.07) is 5.92. The Morgan fingerprint density at radius 1 is 1.29 bits per heavy atom. The molecular formula is C12H13NO. The molecule has 1 saturated carbocycles. The van der Waals surface area contributed by atoms with E-state index in [1.807, 2.05) is 12.1 Å². The van der Waals surface area contributed by atoms with Crippen LogP contribution in [0.25, 0.3) is 0 Å². The van der Waals surface area contributed by atoms with Gasteiger partial charge in [-0.1, -0.05) is 6.07 Å². The molecule has 2 N–H and O–H groups in total. The van der Waals surface area contributed by atoms with Gasteiger partial charge in [0.2, 0.25) is 0 Å². The second-order valence-electron chi connectivity index (χ2n) is 5.16. The van der Waals surface area contributed by atoms with E-state index in [4.69, 9.17) is 0 Å². The molecule has 0 radical (unpaired) electrons. The summed E-state index contributed by atoms with van der Waals surface area (Å²) in [4.78, 5) is 0. The number of hydrogen-bond donors (Lipinski definition) is 2. The van der Waals surface area contributed by atoms with Crippen LogP contribution in [0, 0.1) is 5.41 Å². The van der Waals surface area contributed by atoms with Crippen LogP contribution in [0.4, 0.5) is 0 Å². The number of phenols is 1. The molecule has 2 nitrogen and oxygen atoms in total. The summed E-state index contributed by atoms with van der Waals surface area (Å²) in [6.07, 6.45) is 2.54. The lowest BCUT2D eigenvalue weighted by atomic mass is 9.95. The van der Waals surface area contributed by atoms with Gasteiger partial charge in [-0.25, -0.2) is 0 Å². The molecule has 0 spiro atoms. The molecule has 3 aliphatic rings. The van der Waals surface area contributed by atoms with Crippen LogP contribution in [0.3, 0.4) is 0 Å². The van der Waals surface area contributed by atoms with Gasteiger partial charge >= 0.3 is 0 Å². The van der Waals surface area contributed by atoms with E-state index < -0.39 is 0 Å². The Labute approximate surface area is 82.9 Å². The number of aromatic hydroxyl groups is 1. The van der Waals surface area contributed by atoms with Crippen LogP contribution in [0.2, 0.25) is 0 Å². The summed E-state index contributed by atoms with van der Waals surface area (Å²) >= 11 is 0. The van der Waals surface area contributed by atoms with Crippen molar-refractivity contribution < 1.29 is 5.11 Å². The van der Waals surface area contributed by atoms with E-state index in [2.05, 4.69) is 11.4 Å². The largest absolute Gasteiger partial charge is 0.508 e. The van der Waals surface area contributed by atoms with Crippen molar-refractivity contribution in [3.05, 3.63) is 29.3 Å². The minimum absolute atomic E-state index is 0.420. The van der Waals surface area contributed by atoms with Gasteiger partial charge in [-0.05, 0) is 41.5 Å². The Morgan fingerprint density at radius 2 is 2.21 bits per heavy atom. The smallest absolute Gasteiger partial charge is 0.115 e. The lowest BCUT2D eigenvalue weighted by Gasteiger charge is -2.13. The topological polar surface area (TPSA) is 32.3 Å². The fraction of sp³-hybridized carbons (Fsp3) is 0.500. The summed E-state index contributed by atoms with van der Waals surface area (Å²) in [7, 11) is 0. The maximum Gasteiger partial charge on any atom is 0.115 e. The van der Waals surface area contributed by atoms with Crippen molar-refractivity contribution in [2.75, 3.05) is 13.1 Å². The first-order valence-corrected chi connectivity index (χ1v) is 5.29. The Morgan fingerprint density at radius 3 is 3.14 bits per heavy atom. The average molecular weight is 187 g/mol. The molecule has 72 valence electrons. The van der Waals surface area contributed by atoms with Crippen LogP contribution in [0.5, 0.6) is 5.75 Å². The molecule has 2 aliphatic carbocycles. The molecule has 2 unspecified atom stereocenters. The van der Waals surface area contributed by atoms with Crippen LogP contribution in [-0.2, 0) is 11.8 Å². The Bertz CT molecular complexity index is 438. The van der Waals surface area contributed by atoms with Crippen molar-refractivity contribution in [1.29, 1.82) is 0 Å². The molecule has 1 heterocycles. The van der Waals surface area contributed by atoms with Crippen molar-refractivity contribution in [1.82, 2.24) is 5.32 Å². The number of nitrogens with one attached hydrogen (secondary N) is 1. The molecule has 1 saturated heterocycles. The molecule has 1 aromatic rings. The van der Waals surface area contributed by atoms with E-state index >= 15 is 0 Å². The first-order chi connectivity index (χ1) is 6.76. The standard InChI is InChI=1S/C12H13NO/c14-9-1-2-10-8(3-9)4-11-5-12(10,11)7-13-6-11/h1-3,13-14H,4-7H2. The quantitative estimate of drug-likeness (QED) is 0.639. The van der Waals surface area contributed by atoms with Crippen LogP contribution < -0.4 is 5.32 Å². The van der Waals surface area contributed by atoms with Crippen molar-refractivity contribution in [2.24, 2.45) is 5.41 Å². The number of hydrogen-bond acceptors (Lipinski definition) is 2. The Kier molecular flexibility index (Phi) is 0.961. The molecule has 0 bridgehead atoms. The van der Waals surface area contributed by atoms with Crippen LogP contribution in [-0.4, -0.2) is 18.2 Å². The maximum atomic E-state index is 9.44. The van der Waals surface area contributed by atoms with Gasteiger partial charge in [0.25, 0.3) is 0 Å². The number of phenolic OH excluding ortho intramolecular Hbond substituents is 1. The molecule has 14 heavy (non-hydrogen) atoms. The van der Waals surface area contributed by atoms with Crippen LogP contribution >= 0.6 is 0 Å². The predicted octanol–water partition coefficient (Wildman–Crippen LogP) is 1.18. The third kappa shape index (κ3) is 0.565. The van der Waals surface area contributed by atoms with Gasteiger partial charge in [0.05, 0.1) is 0 Å². The SMILES string of the molecule is Oc1ccc2c(c1)CC13CNCC21C3. The molecule has 0 aromatic heterocycles. The predicted molar refractivity (Wildman–Crippen MR) is 53.4 cm³/mol. The summed E-state index contributed by atoms with van der Waals surface area (Å²) in [6.45, 7) is 2.31. The number of rotatable bonds is 0. The van der Waals surface area contributed by atoms with Gasteiger partial charge in [0.15, 0.2) is 0 Å². The third-order valence-electron chi connectivity index (χ3n) is 4.55. The number of fused-ring (bicyclic) bond motifs is 1. The van der Waals surface area contributed by atoms with Crippen molar-refractivity contribution in [3.63, 3.8) is 0 Å². The maximum absolute atomic E-state index is 9.44. The summed E-state index contributed by atoms with van der Waals surface area (Å²) in [5.41, 5.74) is 3.87. The number of benzene rings is 1.